The van der Waals surface area contributed by atoms with Gasteiger partial charge in [-0.3, -0.25) is 4.79 Å². The second-order valence-electron chi connectivity index (χ2n) is 7.41. The summed E-state index contributed by atoms with van der Waals surface area (Å²) in [6.45, 7) is 4.81. The van der Waals surface area contributed by atoms with E-state index in [0.717, 1.165) is 24.0 Å². The number of phenols is 1. The molecule has 1 N–H and O–H groups in total. The van der Waals surface area contributed by atoms with Gasteiger partial charge in [0.1, 0.15) is 5.75 Å². The highest BCUT2D eigenvalue weighted by Crippen LogP contribution is 2.30. The summed E-state index contributed by atoms with van der Waals surface area (Å²) in [5.74, 6) is 0.0752. The van der Waals surface area contributed by atoms with Crippen LogP contribution in [0.4, 0.5) is 0 Å². The zero-order chi connectivity index (χ0) is 18.9. The number of carbonyl (C=O) groups is 1. The third kappa shape index (κ3) is 4.02. The van der Waals surface area contributed by atoms with Crippen LogP contribution in [0, 0.1) is 0 Å². The first-order valence-corrected chi connectivity index (χ1v) is 9.15. The molecule has 26 heavy (non-hydrogen) atoms. The average molecular weight is 374 g/mol. The molecule has 1 atom stereocenters. The summed E-state index contributed by atoms with van der Waals surface area (Å²) in [5, 5.41) is 9.85. The van der Waals surface area contributed by atoms with E-state index in [1.54, 1.807) is 18.2 Å². The predicted molar refractivity (Wildman–Crippen MR) is 104 cm³/mol. The first kappa shape index (κ1) is 18.7. The number of hydrogen-bond acceptors (Lipinski definition) is 3. The quantitative estimate of drug-likeness (QED) is 0.845. The smallest absolute Gasteiger partial charge is 0.253 e. The monoisotopic (exact) mass is 373 g/mol. The van der Waals surface area contributed by atoms with E-state index in [9.17, 15) is 9.90 Å². The molecule has 3 rings (SSSR count). The van der Waals surface area contributed by atoms with Crippen molar-refractivity contribution in [3.05, 3.63) is 53.1 Å². The van der Waals surface area contributed by atoms with Crippen LogP contribution in [-0.4, -0.2) is 41.2 Å². The van der Waals surface area contributed by atoms with Gasteiger partial charge in [0.2, 0.25) is 0 Å². The zero-order valence-electron chi connectivity index (χ0n) is 15.3. The molecule has 0 spiro atoms. The van der Waals surface area contributed by atoms with Gasteiger partial charge in [0.15, 0.2) is 0 Å². The topological polar surface area (TPSA) is 49.8 Å². The number of ether oxygens (including phenoxy) is 1. The number of aromatic hydroxyl groups is 1. The van der Waals surface area contributed by atoms with Crippen LogP contribution < -0.4 is 0 Å². The predicted octanol–water partition coefficient (Wildman–Crippen LogP) is 4.74. The number of benzene rings is 2. The summed E-state index contributed by atoms with van der Waals surface area (Å²) in [5.41, 5.74) is 2.30. The molecule has 0 bridgehead atoms. The Morgan fingerprint density at radius 1 is 1.19 bits per heavy atom. The summed E-state index contributed by atoms with van der Waals surface area (Å²) in [6.07, 6.45) is 1.69. The molecule has 1 amide bonds. The highest BCUT2D eigenvalue weighted by molar-refractivity contribution is 6.32. The number of halogens is 1. The fourth-order valence-corrected chi connectivity index (χ4v) is 3.57. The minimum absolute atomic E-state index is 0.0167. The van der Waals surface area contributed by atoms with Crippen LogP contribution in [0.3, 0.4) is 0 Å². The fraction of sp³-hybridized carbons (Fsp3) is 0.381. The average Bonchev–Trinajstić information content (AvgIpc) is 2.62. The van der Waals surface area contributed by atoms with E-state index in [4.69, 9.17) is 16.3 Å². The van der Waals surface area contributed by atoms with Crippen molar-refractivity contribution in [3.63, 3.8) is 0 Å². The maximum absolute atomic E-state index is 12.8. The minimum atomic E-state index is -0.195. The highest BCUT2D eigenvalue weighted by Gasteiger charge is 2.32. The lowest BCUT2D eigenvalue weighted by molar-refractivity contribution is -0.0756. The van der Waals surface area contributed by atoms with Gasteiger partial charge >= 0.3 is 0 Å². The van der Waals surface area contributed by atoms with Gasteiger partial charge in [-0.2, -0.15) is 0 Å². The summed E-state index contributed by atoms with van der Waals surface area (Å²) in [6, 6.07) is 12.7. The second-order valence-corrected chi connectivity index (χ2v) is 7.82. The Morgan fingerprint density at radius 3 is 2.46 bits per heavy atom. The summed E-state index contributed by atoms with van der Waals surface area (Å²) in [7, 11) is 1.86. The Labute approximate surface area is 159 Å². The standard InChI is InChI=1S/C21H24ClNO3/c1-21(2)13-17(10-11-26-21)23(3)20(25)15-6-4-14(5-7-15)16-8-9-19(24)18(22)12-16/h4-9,12,17,24H,10-11,13H2,1-3H3. The van der Waals surface area contributed by atoms with E-state index in [0.29, 0.717) is 17.2 Å². The van der Waals surface area contributed by atoms with Gasteiger partial charge in [-0.1, -0.05) is 29.8 Å². The van der Waals surface area contributed by atoms with Crippen LogP contribution in [0.2, 0.25) is 5.02 Å². The van der Waals surface area contributed by atoms with Gasteiger partial charge in [0.25, 0.3) is 5.91 Å². The number of nitrogens with zero attached hydrogens (tertiary/aromatic N) is 1. The molecule has 1 aliphatic heterocycles. The Hall–Kier alpha value is -2.04. The Bertz CT molecular complexity index is 801. The molecule has 0 radical (unpaired) electrons. The Morgan fingerprint density at radius 2 is 1.85 bits per heavy atom. The van der Waals surface area contributed by atoms with Gasteiger partial charge in [-0.05, 0) is 62.1 Å². The van der Waals surface area contributed by atoms with Crippen molar-refractivity contribution in [2.45, 2.75) is 38.3 Å². The molecule has 2 aromatic carbocycles. The molecule has 1 aliphatic rings. The van der Waals surface area contributed by atoms with Crippen LogP contribution in [0.5, 0.6) is 5.75 Å². The first-order chi connectivity index (χ1) is 12.3. The first-order valence-electron chi connectivity index (χ1n) is 8.77. The van der Waals surface area contributed by atoms with Crippen LogP contribution in [-0.2, 0) is 4.74 Å². The van der Waals surface area contributed by atoms with Gasteiger partial charge in [-0.25, -0.2) is 0 Å². The molecule has 5 heteroatoms. The van der Waals surface area contributed by atoms with E-state index in [-0.39, 0.29) is 23.3 Å². The van der Waals surface area contributed by atoms with Crippen molar-refractivity contribution < 1.29 is 14.6 Å². The van der Waals surface area contributed by atoms with E-state index in [1.807, 2.05) is 36.2 Å². The lowest BCUT2D eigenvalue weighted by Gasteiger charge is -2.39. The maximum atomic E-state index is 12.8. The van der Waals surface area contributed by atoms with Crippen LogP contribution in [0.15, 0.2) is 42.5 Å². The molecule has 1 saturated heterocycles. The van der Waals surface area contributed by atoms with Crippen molar-refractivity contribution in [1.82, 2.24) is 4.90 Å². The Kier molecular flexibility index (Phi) is 5.26. The summed E-state index contributed by atoms with van der Waals surface area (Å²) in [4.78, 5) is 14.7. The van der Waals surface area contributed by atoms with Crippen molar-refractivity contribution in [2.75, 3.05) is 13.7 Å². The summed E-state index contributed by atoms with van der Waals surface area (Å²) < 4.78 is 5.75. The molecule has 4 nitrogen and oxygen atoms in total. The van der Waals surface area contributed by atoms with Crippen molar-refractivity contribution in [3.8, 4) is 16.9 Å². The normalized spacial score (nSPS) is 19.2. The Balaban J connectivity index is 1.75. The van der Waals surface area contributed by atoms with Gasteiger partial charge in [-0.15, -0.1) is 0 Å². The molecule has 1 heterocycles. The van der Waals surface area contributed by atoms with E-state index in [1.165, 1.54) is 0 Å². The lowest BCUT2D eigenvalue weighted by atomic mass is 9.92. The third-order valence-corrected chi connectivity index (χ3v) is 5.25. The van der Waals surface area contributed by atoms with E-state index in [2.05, 4.69) is 13.8 Å². The fourth-order valence-electron chi connectivity index (χ4n) is 3.39. The number of phenolic OH excluding ortho intramolecular Hbond substituents is 1. The lowest BCUT2D eigenvalue weighted by Crippen LogP contribution is -2.46. The molecular weight excluding hydrogens is 350 g/mol. The molecular formula is C21H24ClNO3. The van der Waals surface area contributed by atoms with Crippen LogP contribution in [0.1, 0.15) is 37.0 Å². The molecule has 1 unspecified atom stereocenters. The SMILES string of the molecule is CN(C(=O)c1ccc(-c2ccc(O)c(Cl)c2)cc1)C1CCOC(C)(C)C1. The number of rotatable bonds is 3. The number of hydrogen-bond donors (Lipinski definition) is 1. The van der Waals surface area contributed by atoms with Gasteiger partial charge in [0.05, 0.1) is 10.6 Å². The zero-order valence-corrected chi connectivity index (χ0v) is 16.1. The van der Waals surface area contributed by atoms with Gasteiger partial charge < -0.3 is 14.7 Å². The highest BCUT2D eigenvalue weighted by atomic mass is 35.5. The van der Waals surface area contributed by atoms with Crippen molar-refractivity contribution >= 4 is 17.5 Å². The third-order valence-electron chi connectivity index (χ3n) is 4.95. The molecule has 0 aromatic heterocycles. The van der Waals surface area contributed by atoms with Gasteiger partial charge in [0, 0.05) is 25.3 Å². The van der Waals surface area contributed by atoms with Crippen molar-refractivity contribution in [2.24, 2.45) is 0 Å². The van der Waals surface area contributed by atoms with Crippen molar-refractivity contribution in [1.29, 1.82) is 0 Å². The van der Waals surface area contributed by atoms with E-state index < -0.39 is 0 Å². The molecule has 2 aromatic rings. The number of carbonyl (C=O) groups excluding carboxylic acids is 1. The van der Waals surface area contributed by atoms with E-state index >= 15 is 0 Å². The largest absolute Gasteiger partial charge is 0.506 e. The minimum Gasteiger partial charge on any atom is -0.506 e. The molecule has 0 saturated carbocycles. The van der Waals surface area contributed by atoms with Crippen LogP contribution >= 0.6 is 11.6 Å². The maximum Gasteiger partial charge on any atom is 0.253 e. The van der Waals surface area contributed by atoms with Crippen LogP contribution in [0.25, 0.3) is 11.1 Å². The number of amides is 1. The molecule has 1 fully saturated rings. The molecule has 0 aliphatic carbocycles. The summed E-state index contributed by atoms with van der Waals surface area (Å²) >= 11 is 5.98. The second kappa shape index (κ2) is 7.29. The molecule has 138 valence electrons.